The molecule has 0 unspecified atom stereocenters. The molecule has 0 atom stereocenters. The molecule has 0 aromatic carbocycles. The molecule has 1 aromatic heterocycles. The van der Waals surface area contributed by atoms with E-state index in [9.17, 15) is 9.59 Å². The molecule has 0 aliphatic carbocycles. The molecule has 1 N–H and O–H groups in total. The van der Waals surface area contributed by atoms with Gasteiger partial charge in [-0.2, -0.15) is 0 Å². The minimum atomic E-state index is -0.489. The molecule has 0 bridgehead atoms. The van der Waals surface area contributed by atoms with Gasteiger partial charge >= 0.3 is 5.97 Å². The number of hydrogen-bond acceptors (Lipinski definition) is 6. The molecule has 0 spiro atoms. The molecule has 16 heavy (non-hydrogen) atoms. The summed E-state index contributed by atoms with van der Waals surface area (Å²) in [5.41, 5.74) is 0.646. The Hall–Kier alpha value is -1.50. The Morgan fingerprint density at radius 3 is 2.75 bits per heavy atom. The average Bonchev–Trinajstić information content (AvgIpc) is 2.74. The van der Waals surface area contributed by atoms with Crippen LogP contribution in [0.3, 0.4) is 0 Å². The molecular weight excluding hydrogens is 230 g/mol. The summed E-state index contributed by atoms with van der Waals surface area (Å²) >= 11 is 1.02. The minimum absolute atomic E-state index is 0.123. The van der Waals surface area contributed by atoms with Crippen LogP contribution in [0.15, 0.2) is 0 Å². The number of methoxy groups -OCH3 is 1. The van der Waals surface area contributed by atoms with E-state index in [0.717, 1.165) is 11.5 Å². The molecule has 0 saturated heterocycles. The molecule has 88 valence electrons. The highest BCUT2D eigenvalue weighted by molar-refractivity contribution is 7.08. The lowest BCUT2D eigenvalue weighted by Crippen LogP contribution is -2.30. The monoisotopic (exact) mass is 243 g/mol. The van der Waals surface area contributed by atoms with E-state index in [0.29, 0.717) is 10.6 Å². The van der Waals surface area contributed by atoms with Gasteiger partial charge in [0.05, 0.1) is 12.8 Å². The topological polar surface area (TPSA) is 81.2 Å². The summed E-state index contributed by atoms with van der Waals surface area (Å²) in [7, 11) is 1.27. The van der Waals surface area contributed by atoms with Gasteiger partial charge in [-0.05, 0) is 17.5 Å². The molecule has 6 nitrogen and oxygen atoms in total. The third-order valence-electron chi connectivity index (χ3n) is 1.89. The Morgan fingerprint density at radius 2 is 2.19 bits per heavy atom. The molecule has 7 heteroatoms. The molecule has 0 aliphatic rings. The molecule has 0 saturated carbocycles. The van der Waals surface area contributed by atoms with Crippen molar-refractivity contribution in [3.8, 4) is 0 Å². The fourth-order valence-corrected chi connectivity index (χ4v) is 1.77. The van der Waals surface area contributed by atoms with E-state index in [2.05, 4.69) is 19.6 Å². The normalized spacial score (nSPS) is 10.2. The first-order chi connectivity index (χ1) is 7.56. The summed E-state index contributed by atoms with van der Waals surface area (Å²) in [5.74, 6) is -0.710. The van der Waals surface area contributed by atoms with Gasteiger partial charge in [0.2, 0.25) is 0 Å². The molecule has 0 aliphatic heterocycles. The average molecular weight is 243 g/mol. The Morgan fingerprint density at radius 1 is 1.50 bits per heavy atom. The zero-order chi connectivity index (χ0) is 12.1. The predicted octanol–water partition coefficient (Wildman–Crippen LogP) is 0.564. The molecule has 1 aromatic rings. The number of amides is 1. The van der Waals surface area contributed by atoms with Gasteiger partial charge in [-0.15, -0.1) is 5.10 Å². The van der Waals surface area contributed by atoms with Crippen molar-refractivity contribution in [1.29, 1.82) is 0 Å². The number of carbonyl (C=O) groups is 2. The summed E-state index contributed by atoms with van der Waals surface area (Å²) in [6.07, 6.45) is 0. The van der Waals surface area contributed by atoms with Crippen molar-refractivity contribution in [2.45, 2.75) is 19.8 Å². The summed E-state index contributed by atoms with van der Waals surface area (Å²) in [4.78, 5) is 22.9. The number of ether oxygens (including phenoxy) is 1. The minimum Gasteiger partial charge on any atom is -0.468 e. The highest BCUT2D eigenvalue weighted by Crippen LogP contribution is 2.19. The van der Waals surface area contributed by atoms with Gasteiger partial charge in [0.25, 0.3) is 5.91 Å². The van der Waals surface area contributed by atoms with Crippen molar-refractivity contribution in [3.63, 3.8) is 0 Å². The zero-order valence-electron chi connectivity index (χ0n) is 9.31. The number of hydrogen-bond donors (Lipinski definition) is 1. The second kappa shape index (κ2) is 5.55. The van der Waals surface area contributed by atoms with Crippen LogP contribution in [0.5, 0.6) is 0 Å². The van der Waals surface area contributed by atoms with E-state index in [1.54, 1.807) is 0 Å². The van der Waals surface area contributed by atoms with Crippen LogP contribution in [0.1, 0.15) is 35.1 Å². The van der Waals surface area contributed by atoms with E-state index in [-0.39, 0.29) is 18.4 Å². The van der Waals surface area contributed by atoms with E-state index < -0.39 is 5.97 Å². The second-order valence-corrected chi connectivity index (χ2v) is 4.15. The molecule has 0 fully saturated rings. The number of nitrogens with zero attached hydrogens (tertiary/aromatic N) is 2. The Balaban J connectivity index is 2.66. The van der Waals surface area contributed by atoms with Crippen LogP contribution in [-0.2, 0) is 9.53 Å². The third-order valence-corrected chi connectivity index (χ3v) is 2.63. The van der Waals surface area contributed by atoms with E-state index in [4.69, 9.17) is 0 Å². The number of nitrogens with one attached hydrogen (secondary N) is 1. The zero-order valence-corrected chi connectivity index (χ0v) is 10.1. The fraction of sp³-hybridized carbons (Fsp3) is 0.556. The van der Waals surface area contributed by atoms with Crippen molar-refractivity contribution in [2.24, 2.45) is 0 Å². The van der Waals surface area contributed by atoms with Crippen molar-refractivity contribution in [2.75, 3.05) is 13.7 Å². The standard InChI is InChI=1S/C9H13N3O3S/c1-5(2)7-8(16-12-11-7)9(14)10-4-6(13)15-3/h5H,4H2,1-3H3,(H,10,14). The number of esters is 1. The first-order valence-corrected chi connectivity index (χ1v) is 5.50. The largest absolute Gasteiger partial charge is 0.468 e. The summed E-state index contributed by atoms with van der Waals surface area (Å²) in [5, 5.41) is 6.32. The Bertz CT molecular complexity index is 389. The van der Waals surface area contributed by atoms with Gasteiger partial charge in [-0.3, -0.25) is 9.59 Å². The maximum atomic E-state index is 11.7. The van der Waals surface area contributed by atoms with Crippen molar-refractivity contribution < 1.29 is 14.3 Å². The first kappa shape index (κ1) is 12.6. The lowest BCUT2D eigenvalue weighted by molar-refractivity contribution is -0.139. The third kappa shape index (κ3) is 2.99. The van der Waals surface area contributed by atoms with Crippen LogP contribution in [0, 0.1) is 0 Å². The molecule has 0 radical (unpaired) electrons. The van der Waals surface area contributed by atoms with E-state index in [1.807, 2.05) is 13.8 Å². The van der Waals surface area contributed by atoms with Crippen LogP contribution in [0.25, 0.3) is 0 Å². The lowest BCUT2D eigenvalue weighted by Gasteiger charge is -2.04. The summed E-state index contributed by atoms with van der Waals surface area (Å²) in [6, 6.07) is 0. The summed E-state index contributed by atoms with van der Waals surface area (Å²) < 4.78 is 8.14. The van der Waals surface area contributed by atoms with Crippen molar-refractivity contribution in [3.05, 3.63) is 10.6 Å². The van der Waals surface area contributed by atoms with Gasteiger partial charge in [-0.25, -0.2) is 0 Å². The van der Waals surface area contributed by atoms with Crippen LogP contribution in [-0.4, -0.2) is 35.1 Å². The van der Waals surface area contributed by atoms with Gasteiger partial charge in [0.1, 0.15) is 11.4 Å². The first-order valence-electron chi connectivity index (χ1n) is 4.73. The molecule has 1 rings (SSSR count). The highest BCUT2D eigenvalue weighted by atomic mass is 32.1. The van der Waals surface area contributed by atoms with Crippen molar-refractivity contribution >= 4 is 23.4 Å². The maximum Gasteiger partial charge on any atom is 0.325 e. The van der Waals surface area contributed by atoms with Crippen LogP contribution in [0.4, 0.5) is 0 Å². The summed E-state index contributed by atoms with van der Waals surface area (Å²) in [6.45, 7) is 3.70. The number of aromatic nitrogens is 2. The SMILES string of the molecule is COC(=O)CNC(=O)c1snnc1C(C)C. The van der Waals surface area contributed by atoms with Crippen LogP contribution >= 0.6 is 11.5 Å². The van der Waals surface area contributed by atoms with Gasteiger partial charge < -0.3 is 10.1 Å². The highest BCUT2D eigenvalue weighted by Gasteiger charge is 2.18. The van der Waals surface area contributed by atoms with Crippen molar-refractivity contribution in [1.82, 2.24) is 14.9 Å². The predicted molar refractivity (Wildman–Crippen MR) is 58.3 cm³/mol. The van der Waals surface area contributed by atoms with E-state index in [1.165, 1.54) is 7.11 Å². The van der Waals surface area contributed by atoms with Gasteiger partial charge in [0, 0.05) is 0 Å². The smallest absolute Gasteiger partial charge is 0.325 e. The van der Waals surface area contributed by atoms with Crippen LogP contribution in [0.2, 0.25) is 0 Å². The lowest BCUT2D eigenvalue weighted by atomic mass is 10.1. The number of rotatable bonds is 4. The number of carbonyl (C=O) groups excluding carboxylic acids is 2. The maximum absolute atomic E-state index is 11.7. The van der Waals surface area contributed by atoms with E-state index >= 15 is 0 Å². The molecular formula is C9H13N3O3S. The quantitative estimate of drug-likeness (QED) is 0.782. The Kier molecular flexibility index (Phi) is 4.36. The van der Waals surface area contributed by atoms with Gasteiger partial charge in [-0.1, -0.05) is 18.3 Å². The fourth-order valence-electron chi connectivity index (χ4n) is 1.04. The molecule has 1 amide bonds. The Labute approximate surface area is 97.2 Å². The second-order valence-electron chi connectivity index (χ2n) is 3.40. The molecule has 1 heterocycles. The van der Waals surface area contributed by atoms with Gasteiger partial charge in [0.15, 0.2) is 0 Å². The van der Waals surface area contributed by atoms with Crippen LogP contribution < -0.4 is 5.32 Å².